The van der Waals surface area contributed by atoms with Crippen molar-refractivity contribution in [3.63, 3.8) is 0 Å². The lowest BCUT2D eigenvalue weighted by molar-refractivity contribution is -0.392. The summed E-state index contributed by atoms with van der Waals surface area (Å²) in [6.45, 7) is 11.8. The predicted molar refractivity (Wildman–Crippen MR) is 72.0 cm³/mol. The van der Waals surface area contributed by atoms with Gasteiger partial charge < -0.3 is 14.5 Å². The molecule has 0 atom stereocenters. The third kappa shape index (κ3) is 3.39. The third-order valence-corrected chi connectivity index (χ3v) is 8.02. The van der Waals surface area contributed by atoms with Gasteiger partial charge in [-0.05, 0) is 23.1 Å². The molecule has 0 fully saturated rings. The molecule has 0 aliphatic carbocycles. The predicted octanol–water partition coefficient (Wildman–Crippen LogP) is 2.81. The summed E-state index contributed by atoms with van der Waals surface area (Å²) in [4.78, 5) is 14.1. The van der Waals surface area contributed by atoms with Gasteiger partial charge in [0, 0.05) is 0 Å². The van der Waals surface area contributed by atoms with Crippen molar-refractivity contribution in [3.05, 3.63) is 22.6 Å². The topological polar surface area (TPSA) is 70.2 Å². The van der Waals surface area contributed by atoms with Crippen LogP contribution >= 0.6 is 0 Å². The number of hydrogen-bond donors (Lipinski definition) is 0. The van der Waals surface area contributed by atoms with Gasteiger partial charge in [0.2, 0.25) is 0 Å². The number of rotatable bonds is 5. The van der Waals surface area contributed by atoms with Crippen LogP contribution < -0.4 is 0 Å². The zero-order chi connectivity index (χ0) is 14.0. The van der Waals surface area contributed by atoms with Crippen LogP contribution in [0.5, 0.6) is 0 Å². The highest BCUT2D eigenvalue weighted by Gasteiger charge is 2.37. The molecular weight excluding hydrogens is 250 g/mol. The lowest BCUT2D eigenvalue weighted by Crippen LogP contribution is -2.41. The lowest BCUT2D eigenvalue weighted by atomic mass is 10.2. The minimum Gasteiger partial charge on any atom is -0.413 e. The first-order valence-electron chi connectivity index (χ1n) is 5.93. The number of aromatic nitrogens is 2. The molecule has 0 saturated heterocycles. The molecule has 0 saturated carbocycles. The Morgan fingerprint density at radius 1 is 1.50 bits per heavy atom. The summed E-state index contributed by atoms with van der Waals surface area (Å²) >= 11 is 0. The van der Waals surface area contributed by atoms with Gasteiger partial charge in [-0.15, -0.1) is 0 Å². The summed E-state index contributed by atoms with van der Waals surface area (Å²) < 4.78 is 7.48. The summed E-state index contributed by atoms with van der Waals surface area (Å²) in [5.74, 6) is 0.00818. The van der Waals surface area contributed by atoms with Crippen LogP contribution in [-0.4, -0.2) is 29.4 Å². The Kier molecular flexibility index (Phi) is 4.28. The maximum atomic E-state index is 10.7. The molecule has 1 rings (SSSR count). The van der Waals surface area contributed by atoms with E-state index in [0.717, 1.165) is 0 Å². The molecule has 1 aromatic heterocycles. The summed E-state index contributed by atoms with van der Waals surface area (Å²) in [7, 11) is -1.79. The minimum atomic E-state index is -1.79. The van der Waals surface area contributed by atoms with Crippen molar-refractivity contribution in [1.29, 1.82) is 0 Å². The van der Waals surface area contributed by atoms with Gasteiger partial charge in [-0.2, -0.15) is 0 Å². The van der Waals surface area contributed by atoms with Gasteiger partial charge in [0.05, 0.1) is 6.61 Å². The van der Waals surface area contributed by atoms with Crippen molar-refractivity contribution in [3.8, 4) is 0 Å². The highest BCUT2D eigenvalue weighted by molar-refractivity contribution is 6.74. The quantitative estimate of drug-likeness (QED) is 0.469. The van der Waals surface area contributed by atoms with E-state index in [1.54, 1.807) is 0 Å². The Morgan fingerprint density at radius 2 is 2.11 bits per heavy atom. The Bertz CT molecular complexity index is 423. The molecule has 1 aromatic rings. The second-order valence-electron chi connectivity index (χ2n) is 5.81. The number of nitrogens with zero attached hydrogens (tertiary/aromatic N) is 3. The summed E-state index contributed by atoms with van der Waals surface area (Å²) in [5, 5.41) is 10.9. The highest BCUT2D eigenvalue weighted by atomic mass is 28.4. The highest BCUT2D eigenvalue weighted by Crippen LogP contribution is 2.36. The molecule has 0 N–H and O–H groups in total. The van der Waals surface area contributed by atoms with Gasteiger partial charge in [0.25, 0.3) is 0 Å². The molecule has 1 heterocycles. The van der Waals surface area contributed by atoms with Gasteiger partial charge in [-0.3, -0.25) is 0 Å². The van der Waals surface area contributed by atoms with Crippen LogP contribution in [0.25, 0.3) is 0 Å². The molecule has 6 nitrogen and oxygen atoms in total. The first kappa shape index (κ1) is 14.8. The largest absolute Gasteiger partial charge is 0.413 e. The summed E-state index contributed by atoms with van der Waals surface area (Å²) in [5.41, 5.74) is 0. The van der Waals surface area contributed by atoms with E-state index in [1.165, 1.54) is 17.1 Å². The smallest absolute Gasteiger partial charge is 0.342 e. The summed E-state index contributed by atoms with van der Waals surface area (Å²) in [6, 6.07) is 0. The molecule has 18 heavy (non-hydrogen) atoms. The van der Waals surface area contributed by atoms with Crippen molar-refractivity contribution in [2.75, 3.05) is 6.61 Å². The van der Waals surface area contributed by atoms with E-state index in [2.05, 4.69) is 38.8 Å². The zero-order valence-electron chi connectivity index (χ0n) is 11.6. The molecule has 0 radical (unpaired) electrons. The Morgan fingerprint density at radius 3 is 2.61 bits per heavy atom. The molecule has 0 aliphatic heterocycles. The van der Waals surface area contributed by atoms with E-state index in [-0.39, 0.29) is 10.9 Å². The van der Waals surface area contributed by atoms with Crippen molar-refractivity contribution in [1.82, 2.24) is 9.55 Å². The summed E-state index contributed by atoms with van der Waals surface area (Å²) in [6.07, 6.45) is 2.72. The van der Waals surface area contributed by atoms with Crippen LogP contribution in [0.4, 0.5) is 5.82 Å². The fourth-order valence-electron chi connectivity index (χ4n) is 1.25. The molecule has 0 aromatic carbocycles. The van der Waals surface area contributed by atoms with E-state index < -0.39 is 13.2 Å². The van der Waals surface area contributed by atoms with E-state index >= 15 is 0 Å². The fraction of sp³-hybridized carbons (Fsp3) is 0.727. The van der Waals surface area contributed by atoms with Gasteiger partial charge >= 0.3 is 5.82 Å². The van der Waals surface area contributed by atoms with Crippen LogP contribution in [0.2, 0.25) is 18.1 Å². The molecular formula is C11H21N3O3Si. The van der Waals surface area contributed by atoms with Gasteiger partial charge in [0.15, 0.2) is 14.6 Å². The number of hydrogen-bond acceptors (Lipinski definition) is 4. The SMILES string of the molecule is CC(C)(C)[Si](C)(C)OCCn1cncc1[N+](=O)[O-]. The van der Waals surface area contributed by atoms with Gasteiger partial charge in [-0.25, -0.2) is 9.55 Å². The molecule has 0 unspecified atom stereocenters. The third-order valence-electron chi connectivity index (χ3n) is 3.48. The fourth-order valence-corrected chi connectivity index (χ4v) is 2.29. The van der Waals surface area contributed by atoms with Crippen molar-refractivity contribution in [2.45, 2.75) is 45.4 Å². The standard InChI is InChI=1S/C11H21N3O3Si/c1-11(2,3)18(4,5)17-7-6-13-9-12-8-10(13)14(15)16/h8-9H,6-7H2,1-5H3. The monoisotopic (exact) mass is 271 g/mol. The van der Waals surface area contributed by atoms with Gasteiger partial charge in [-0.1, -0.05) is 20.8 Å². The molecule has 102 valence electrons. The van der Waals surface area contributed by atoms with Gasteiger partial charge in [0.1, 0.15) is 12.7 Å². The first-order valence-corrected chi connectivity index (χ1v) is 8.84. The first-order chi connectivity index (χ1) is 8.15. The number of nitro groups is 1. The molecule has 0 amide bonds. The molecule has 0 aliphatic rings. The van der Waals surface area contributed by atoms with Crippen LogP contribution in [0.1, 0.15) is 20.8 Å². The Hall–Kier alpha value is -1.21. The van der Waals surface area contributed by atoms with Crippen LogP contribution in [-0.2, 0) is 11.0 Å². The maximum absolute atomic E-state index is 10.7. The van der Waals surface area contributed by atoms with E-state index in [9.17, 15) is 10.1 Å². The van der Waals surface area contributed by atoms with E-state index in [1.807, 2.05) is 0 Å². The average molecular weight is 271 g/mol. The van der Waals surface area contributed by atoms with Crippen molar-refractivity contribution in [2.24, 2.45) is 0 Å². The van der Waals surface area contributed by atoms with Crippen LogP contribution in [0.15, 0.2) is 12.5 Å². The van der Waals surface area contributed by atoms with Crippen molar-refractivity contribution >= 4 is 14.1 Å². The molecule has 0 bridgehead atoms. The minimum absolute atomic E-state index is 0.00818. The number of imidazole rings is 1. The average Bonchev–Trinajstić information content (AvgIpc) is 2.63. The lowest BCUT2D eigenvalue weighted by Gasteiger charge is -2.35. The van der Waals surface area contributed by atoms with Crippen molar-refractivity contribution < 1.29 is 9.35 Å². The normalized spacial score (nSPS) is 12.7. The maximum Gasteiger partial charge on any atom is 0.342 e. The Balaban J connectivity index is 2.57. The van der Waals surface area contributed by atoms with E-state index in [4.69, 9.17) is 4.43 Å². The van der Waals surface area contributed by atoms with Crippen LogP contribution in [0.3, 0.4) is 0 Å². The molecule has 0 spiro atoms. The Labute approximate surface area is 108 Å². The zero-order valence-corrected chi connectivity index (χ0v) is 12.6. The second-order valence-corrected chi connectivity index (χ2v) is 10.6. The molecule has 7 heteroatoms. The van der Waals surface area contributed by atoms with E-state index in [0.29, 0.717) is 13.2 Å². The van der Waals surface area contributed by atoms with Crippen LogP contribution in [0, 0.1) is 10.1 Å². The second kappa shape index (κ2) is 5.19.